The maximum atomic E-state index is 13.0. The molecule has 2 N–H and O–H groups in total. The summed E-state index contributed by atoms with van der Waals surface area (Å²) in [5.74, 6) is 1.10. The number of hydrogen-bond acceptors (Lipinski definition) is 2. The highest BCUT2D eigenvalue weighted by Gasteiger charge is 2.08. The van der Waals surface area contributed by atoms with E-state index >= 15 is 0 Å². The van der Waals surface area contributed by atoms with Gasteiger partial charge in [0, 0.05) is 5.56 Å². The summed E-state index contributed by atoms with van der Waals surface area (Å²) in [6, 6.07) is 4.34. The van der Waals surface area contributed by atoms with Gasteiger partial charge >= 0.3 is 0 Å². The Morgan fingerprint density at radius 1 is 1.42 bits per heavy atom. The molecule has 2 aromatic rings. The Kier molecular flexibility index (Phi) is 4.56. The summed E-state index contributed by atoms with van der Waals surface area (Å²) in [6.07, 6.45) is 1.71. The van der Waals surface area contributed by atoms with E-state index in [9.17, 15) is 4.39 Å². The largest absolute Gasteiger partial charge is 0.341 e. The number of H-pyrrole nitrogens is 1. The molecule has 0 spiro atoms. The molecule has 0 radical (unpaired) electrons. The molecule has 1 heterocycles. The smallest absolute Gasteiger partial charge is 0.124 e. The molecule has 0 fully saturated rings. The second-order valence-corrected chi connectivity index (χ2v) is 5.30. The molecule has 3 nitrogen and oxygen atoms in total. The summed E-state index contributed by atoms with van der Waals surface area (Å²) in [6.45, 7) is 5.92. The highest BCUT2D eigenvalue weighted by Crippen LogP contribution is 2.26. The van der Waals surface area contributed by atoms with Crippen molar-refractivity contribution in [3.63, 3.8) is 0 Å². The number of aromatic amines is 1. The minimum Gasteiger partial charge on any atom is -0.341 e. The van der Waals surface area contributed by atoms with Crippen molar-refractivity contribution < 1.29 is 4.39 Å². The fraction of sp³-hybridized carbons (Fsp3) is 0.357. The zero-order valence-electron chi connectivity index (χ0n) is 11.0. The van der Waals surface area contributed by atoms with Crippen LogP contribution in [0.2, 0.25) is 5.02 Å². The van der Waals surface area contributed by atoms with Gasteiger partial charge in [-0.1, -0.05) is 25.4 Å². The van der Waals surface area contributed by atoms with Gasteiger partial charge in [-0.15, -0.1) is 0 Å². The lowest BCUT2D eigenvalue weighted by Gasteiger charge is -2.05. The molecule has 19 heavy (non-hydrogen) atoms. The molecule has 0 amide bonds. The monoisotopic (exact) mass is 281 g/mol. The predicted molar refractivity (Wildman–Crippen MR) is 75.5 cm³/mol. The Balaban J connectivity index is 2.08. The van der Waals surface area contributed by atoms with Crippen LogP contribution in [-0.2, 0) is 6.54 Å². The van der Waals surface area contributed by atoms with Gasteiger partial charge in [-0.3, -0.25) is 0 Å². The van der Waals surface area contributed by atoms with Crippen LogP contribution >= 0.6 is 11.6 Å². The number of imidazole rings is 1. The molecule has 0 aliphatic carbocycles. The minimum absolute atomic E-state index is 0.341. The summed E-state index contributed by atoms with van der Waals surface area (Å²) in [5, 5.41) is 3.68. The molecule has 1 aromatic carbocycles. The third kappa shape index (κ3) is 3.78. The van der Waals surface area contributed by atoms with Crippen LogP contribution in [0.15, 0.2) is 24.4 Å². The first-order valence-corrected chi connectivity index (χ1v) is 6.64. The van der Waals surface area contributed by atoms with Crippen LogP contribution in [0.4, 0.5) is 4.39 Å². The molecule has 5 heteroatoms. The van der Waals surface area contributed by atoms with Gasteiger partial charge in [0.05, 0.1) is 23.5 Å². The van der Waals surface area contributed by atoms with E-state index in [1.807, 2.05) is 0 Å². The van der Waals surface area contributed by atoms with Gasteiger partial charge in [0.1, 0.15) is 11.6 Å². The molecular formula is C14H17ClFN3. The van der Waals surface area contributed by atoms with Crippen LogP contribution in [0.25, 0.3) is 11.3 Å². The molecule has 0 unspecified atom stereocenters. The average molecular weight is 282 g/mol. The number of aromatic nitrogens is 2. The van der Waals surface area contributed by atoms with Crippen molar-refractivity contribution in [3.05, 3.63) is 41.1 Å². The maximum Gasteiger partial charge on any atom is 0.124 e. The molecule has 0 saturated heterocycles. The molecule has 0 aliphatic rings. The summed E-state index contributed by atoms with van der Waals surface area (Å²) in [7, 11) is 0. The lowest BCUT2D eigenvalue weighted by atomic mass is 10.2. The Morgan fingerprint density at radius 3 is 2.89 bits per heavy atom. The van der Waals surface area contributed by atoms with E-state index in [-0.39, 0.29) is 5.82 Å². The predicted octanol–water partition coefficient (Wildman–Crippen LogP) is 3.61. The zero-order valence-corrected chi connectivity index (χ0v) is 11.8. The number of benzene rings is 1. The summed E-state index contributed by atoms with van der Waals surface area (Å²) in [4.78, 5) is 7.47. The summed E-state index contributed by atoms with van der Waals surface area (Å²) in [5.41, 5.74) is 1.55. The third-order valence-corrected chi connectivity index (χ3v) is 3.01. The van der Waals surface area contributed by atoms with Gasteiger partial charge in [0.15, 0.2) is 0 Å². The number of nitrogens with one attached hydrogen (secondary N) is 2. The third-order valence-electron chi connectivity index (χ3n) is 2.69. The van der Waals surface area contributed by atoms with Crippen molar-refractivity contribution in [2.75, 3.05) is 6.54 Å². The summed E-state index contributed by atoms with van der Waals surface area (Å²) >= 11 is 6.02. The maximum absolute atomic E-state index is 13.0. The normalized spacial score (nSPS) is 11.2. The van der Waals surface area contributed by atoms with Gasteiger partial charge in [0.25, 0.3) is 0 Å². The average Bonchev–Trinajstić information content (AvgIpc) is 2.77. The van der Waals surface area contributed by atoms with E-state index in [1.165, 1.54) is 12.1 Å². The van der Waals surface area contributed by atoms with E-state index in [2.05, 4.69) is 29.1 Å². The van der Waals surface area contributed by atoms with E-state index in [1.54, 1.807) is 12.3 Å². The van der Waals surface area contributed by atoms with Crippen LogP contribution in [0.5, 0.6) is 0 Å². The molecule has 0 aliphatic heterocycles. The van der Waals surface area contributed by atoms with Crippen LogP contribution < -0.4 is 5.32 Å². The van der Waals surface area contributed by atoms with E-state index in [0.717, 1.165) is 23.6 Å². The highest BCUT2D eigenvalue weighted by atomic mass is 35.5. The SMILES string of the molecule is CC(C)CNCc1ncc(-c2ccc(F)cc2Cl)[nH]1. The fourth-order valence-corrected chi connectivity index (χ4v) is 2.05. The molecule has 1 aromatic heterocycles. The molecule has 0 atom stereocenters. The highest BCUT2D eigenvalue weighted by molar-refractivity contribution is 6.33. The quantitative estimate of drug-likeness (QED) is 0.879. The van der Waals surface area contributed by atoms with Crippen molar-refractivity contribution >= 4 is 11.6 Å². The molecular weight excluding hydrogens is 265 g/mol. The van der Waals surface area contributed by atoms with Crippen molar-refractivity contribution in [2.24, 2.45) is 5.92 Å². The number of rotatable bonds is 5. The molecule has 0 saturated carbocycles. The van der Waals surface area contributed by atoms with Crippen molar-refractivity contribution in [1.29, 1.82) is 0 Å². The van der Waals surface area contributed by atoms with Crippen LogP contribution in [0, 0.1) is 11.7 Å². The Morgan fingerprint density at radius 2 is 2.21 bits per heavy atom. The van der Waals surface area contributed by atoms with Gasteiger partial charge in [0.2, 0.25) is 0 Å². The lowest BCUT2D eigenvalue weighted by molar-refractivity contribution is 0.545. The lowest BCUT2D eigenvalue weighted by Crippen LogP contribution is -2.19. The van der Waals surface area contributed by atoms with Gasteiger partial charge in [-0.2, -0.15) is 0 Å². The standard InChI is InChI=1S/C14H17ClFN3/c1-9(2)6-17-8-14-18-7-13(19-14)11-4-3-10(16)5-12(11)15/h3-5,7,9,17H,6,8H2,1-2H3,(H,18,19). The summed E-state index contributed by atoms with van der Waals surface area (Å²) < 4.78 is 13.0. The van der Waals surface area contributed by atoms with Crippen LogP contribution in [-0.4, -0.2) is 16.5 Å². The van der Waals surface area contributed by atoms with Gasteiger partial charge in [-0.05, 0) is 30.7 Å². The van der Waals surface area contributed by atoms with Crippen molar-refractivity contribution in [1.82, 2.24) is 15.3 Å². The number of halogens is 2. The molecule has 2 rings (SSSR count). The van der Waals surface area contributed by atoms with Crippen molar-refractivity contribution in [2.45, 2.75) is 20.4 Å². The van der Waals surface area contributed by atoms with E-state index in [4.69, 9.17) is 11.6 Å². The Labute approximate surface area is 117 Å². The fourth-order valence-electron chi connectivity index (χ4n) is 1.78. The zero-order chi connectivity index (χ0) is 13.8. The minimum atomic E-state index is -0.341. The van der Waals surface area contributed by atoms with Gasteiger partial charge < -0.3 is 10.3 Å². The Hall–Kier alpha value is -1.39. The first-order valence-electron chi connectivity index (χ1n) is 6.26. The number of nitrogens with zero attached hydrogens (tertiary/aromatic N) is 1. The first kappa shape index (κ1) is 14.0. The van der Waals surface area contributed by atoms with E-state index < -0.39 is 0 Å². The molecule has 102 valence electrons. The van der Waals surface area contributed by atoms with Gasteiger partial charge in [-0.25, -0.2) is 9.37 Å². The van der Waals surface area contributed by atoms with Crippen LogP contribution in [0.3, 0.4) is 0 Å². The first-order chi connectivity index (χ1) is 9.06. The topological polar surface area (TPSA) is 40.7 Å². The second kappa shape index (κ2) is 6.17. The van der Waals surface area contributed by atoms with E-state index in [0.29, 0.717) is 17.5 Å². The van der Waals surface area contributed by atoms with Crippen LogP contribution in [0.1, 0.15) is 19.7 Å². The van der Waals surface area contributed by atoms with Crippen molar-refractivity contribution in [3.8, 4) is 11.3 Å². The second-order valence-electron chi connectivity index (χ2n) is 4.89. The molecule has 0 bridgehead atoms. The Bertz CT molecular complexity index is 551. The number of hydrogen-bond donors (Lipinski definition) is 2.